The summed E-state index contributed by atoms with van der Waals surface area (Å²) in [6.07, 6.45) is 12.3. The Kier molecular flexibility index (Phi) is 3.15. The van der Waals surface area contributed by atoms with Gasteiger partial charge in [-0.25, -0.2) is 0 Å². The maximum Gasteiger partial charge on any atom is -0.0221 e. The molecule has 0 nitrogen and oxygen atoms in total. The second-order valence-corrected chi connectivity index (χ2v) is 3.18. The molecule has 1 unspecified atom stereocenters. The summed E-state index contributed by atoms with van der Waals surface area (Å²) in [5.74, 6) is 0.736. The van der Waals surface area contributed by atoms with Crippen molar-refractivity contribution in [3.05, 3.63) is 36.5 Å². The van der Waals surface area contributed by atoms with E-state index < -0.39 is 0 Å². The minimum Gasteiger partial charge on any atom is -0.103 e. The number of rotatable bonds is 3. The monoisotopic (exact) mass is 148 g/mol. The van der Waals surface area contributed by atoms with Crippen molar-refractivity contribution in [3.8, 4) is 0 Å². The summed E-state index contributed by atoms with van der Waals surface area (Å²) in [6, 6.07) is 0. The molecule has 11 heavy (non-hydrogen) atoms. The summed E-state index contributed by atoms with van der Waals surface area (Å²) in [5.41, 5.74) is 1.48. The predicted molar refractivity (Wildman–Crippen MR) is 50.4 cm³/mol. The van der Waals surface area contributed by atoms with E-state index in [0.717, 1.165) is 18.8 Å². The lowest BCUT2D eigenvalue weighted by Crippen LogP contribution is -1.94. The topological polar surface area (TPSA) is 0 Å². The minimum atomic E-state index is 0.736. The van der Waals surface area contributed by atoms with Gasteiger partial charge in [-0.3, -0.25) is 0 Å². The van der Waals surface area contributed by atoms with E-state index in [0.29, 0.717) is 0 Å². The van der Waals surface area contributed by atoms with Crippen LogP contribution in [0.25, 0.3) is 0 Å². The maximum absolute atomic E-state index is 3.71. The second-order valence-electron chi connectivity index (χ2n) is 3.18. The quantitative estimate of drug-likeness (QED) is 0.537. The Bertz CT molecular complexity index is 184. The van der Waals surface area contributed by atoms with E-state index in [4.69, 9.17) is 0 Å². The summed E-state index contributed by atoms with van der Waals surface area (Å²) in [4.78, 5) is 0. The van der Waals surface area contributed by atoms with Crippen molar-refractivity contribution in [2.75, 3.05) is 0 Å². The summed E-state index contributed by atoms with van der Waals surface area (Å²) in [5, 5.41) is 0. The van der Waals surface area contributed by atoms with Gasteiger partial charge in [0.15, 0.2) is 0 Å². The molecule has 0 saturated carbocycles. The third-order valence-electron chi connectivity index (χ3n) is 1.98. The molecule has 0 amide bonds. The van der Waals surface area contributed by atoms with Gasteiger partial charge in [-0.15, -0.1) is 6.58 Å². The number of allylic oxidation sites excluding steroid dienone is 5. The molecule has 60 valence electrons. The van der Waals surface area contributed by atoms with Crippen LogP contribution in [0, 0.1) is 5.92 Å². The number of hydrogen-bond donors (Lipinski definition) is 0. The van der Waals surface area contributed by atoms with Crippen LogP contribution in [-0.4, -0.2) is 0 Å². The van der Waals surface area contributed by atoms with Crippen molar-refractivity contribution in [2.45, 2.75) is 26.2 Å². The van der Waals surface area contributed by atoms with E-state index in [9.17, 15) is 0 Å². The fourth-order valence-electron chi connectivity index (χ4n) is 1.36. The van der Waals surface area contributed by atoms with E-state index in [2.05, 4.69) is 31.7 Å². The molecule has 0 aromatic rings. The molecule has 0 aromatic carbocycles. The molecule has 0 N–H and O–H groups in total. The Balaban J connectivity index is 2.43. The van der Waals surface area contributed by atoms with Crippen molar-refractivity contribution in [1.29, 1.82) is 0 Å². The zero-order chi connectivity index (χ0) is 8.10. The average Bonchev–Trinajstić information content (AvgIpc) is 2.01. The molecule has 0 aromatic heterocycles. The summed E-state index contributed by atoms with van der Waals surface area (Å²) < 4.78 is 0. The minimum absolute atomic E-state index is 0.736. The molecule has 0 radical (unpaired) electrons. The first-order valence-electron chi connectivity index (χ1n) is 4.31. The molecule has 0 saturated heterocycles. The average molecular weight is 148 g/mol. The van der Waals surface area contributed by atoms with Crippen molar-refractivity contribution in [3.63, 3.8) is 0 Å². The molecule has 0 aliphatic heterocycles. The summed E-state index contributed by atoms with van der Waals surface area (Å²) >= 11 is 0. The van der Waals surface area contributed by atoms with Crippen molar-refractivity contribution < 1.29 is 0 Å². The van der Waals surface area contributed by atoms with Crippen LogP contribution in [0.3, 0.4) is 0 Å². The van der Waals surface area contributed by atoms with Crippen LogP contribution in [0.5, 0.6) is 0 Å². The van der Waals surface area contributed by atoms with Gasteiger partial charge in [0.05, 0.1) is 0 Å². The largest absolute Gasteiger partial charge is 0.103 e. The lowest BCUT2D eigenvalue weighted by molar-refractivity contribution is 0.721. The Hall–Kier alpha value is -0.780. The molecule has 0 heteroatoms. The predicted octanol–water partition coefficient (Wildman–Crippen LogP) is 3.48. The fourth-order valence-corrected chi connectivity index (χ4v) is 1.36. The maximum atomic E-state index is 3.71. The molecular formula is C11H16. The van der Waals surface area contributed by atoms with Gasteiger partial charge in [0, 0.05) is 0 Å². The molecule has 1 aliphatic rings. The third kappa shape index (κ3) is 2.75. The normalized spacial score (nSPS) is 23.0. The fraction of sp³-hybridized carbons (Fsp3) is 0.455. The first kappa shape index (κ1) is 8.32. The zero-order valence-electron chi connectivity index (χ0n) is 7.22. The van der Waals surface area contributed by atoms with Crippen molar-refractivity contribution in [2.24, 2.45) is 5.92 Å². The standard InChI is InChI=1S/C11H16/c1-3-4-7-11-8-5-6-10(2)9-11/h3,5,8-10H,1,4,6-7H2,2H3. The van der Waals surface area contributed by atoms with Crippen LogP contribution in [-0.2, 0) is 0 Å². The highest BCUT2D eigenvalue weighted by Crippen LogP contribution is 2.19. The van der Waals surface area contributed by atoms with Crippen LogP contribution >= 0.6 is 0 Å². The van der Waals surface area contributed by atoms with Gasteiger partial charge in [0.25, 0.3) is 0 Å². The SMILES string of the molecule is C=CCCC1=CC(C)CC=C1. The van der Waals surface area contributed by atoms with E-state index in [1.54, 1.807) is 0 Å². The molecule has 0 bridgehead atoms. The van der Waals surface area contributed by atoms with Gasteiger partial charge >= 0.3 is 0 Å². The Morgan fingerprint density at radius 1 is 1.73 bits per heavy atom. The highest BCUT2D eigenvalue weighted by Gasteiger charge is 2.02. The van der Waals surface area contributed by atoms with Crippen LogP contribution in [0.1, 0.15) is 26.2 Å². The summed E-state index contributed by atoms with van der Waals surface area (Å²) in [6.45, 7) is 5.97. The van der Waals surface area contributed by atoms with Crippen molar-refractivity contribution in [1.82, 2.24) is 0 Å². The lowest BCUT2D eigenvalue weighted by atomic mass is 9.95. The smallest absolute Gasteiger partial charge is 0.0221 e. The van der Waals surface area contributed by atoms with Crippen molar-refractivity contribution >= 4 is 0 Å². The molecular weight excluding hydrogens is 132 g/mol. The first-order valence-corrected chi connectivity index (χ1v) is 4.31. The molecule has 1 rings (SSSR count). The first-order chi connectivity index (χ1) is 5.33. The second kappa shape index (κ2) is 4.17. The molecule has 1 aliphatic carbocycles. The van der Waals surface area contributed by atoms with Crippen LogP contribution in [0.4, 0.5) is 0 Å². The van der Waals surface area contributed by atoms with Gasteiger partial charge in [-0.1, -0.05) is 36.8 Å². The third-order valence-corrected chi connectivity index (χ3v) is 1.98. The van der Waals surface area contributed by atoms with Crippen LogP contribution in [0.2, 0.25) is 0 Å². The Morgan fingerprint density at radius 3 is 3.18 bits per heavy atom. The van der Waals surface area contributed by atoms with E-state index in [-0.39, 0.29) is 0 Å². The van der Waals surface area contributed by atoms with Gasteiger partial charge in [-0.05, 0) is 25.2 Å². The van der Waals surface area contributed by atoms with E-state index >= 15 is 0 Å². The highest BCUT2D eigenvalue weighted by atomic mass is 14.1. The zero-order valence-corrected chi connectivity index (χ0v) is 7.22. The highest BCUT2D eigenvalue weighted by molar-refractivity contribution is 5.23. The molecule has 0 heterocycles. The van der Waals surface area contributed by atoms with Crippen LogP contribution in [0.15, 0.2) is 36.5 Å². The molecule has 1 atom stereocenters. The van der Waals surface area contributed by atoms with Gasteiger partial charge in [0.1, 0.15) is 0 Å². The summed E-state index contributed by atoms with van der Waals surface area (Å²) in [7, 11) is 0. The lowest BCUT2D eigenvalue weighted by Gasteiger charge is -2.10. The Labute approximate surface area is 69.3 Å². The van der Waals surface area contributed by atoms with Gasteiger partial charge < -0.3 is 0 Å². The number of hydrogen-bond acceptors (Lipinski definition) is 0. The molecule has 0 fully saturated rings. The van der Waals surface area contributed by atoms with Gasteiger partial charge in [-0.2, -0.15) is 0 Å². The van der Waals surface area contributed by atoms with E-state index in [1.165, 1.54) is 12.0 Å². The van der Waals surface area contributed by atoms with Gasteiger partial charge in [0.2, 0.25) is 0 Å². The Morgan fingerprint density at radius 2 is 2.55 bits per heavy atom. The van der Waals surface area contributed by atoms with E-state index in [1.807, 2.05) is 6.08 Å². The van der Waals surface area contributed by atoms with Crippen LogP contribution < -0.4 is 0 Å². The molecule has 0 spiro atoms.